The van der Waals surface area contributed by atoms with Gasteiger partial charge in [-0.1, -0.05) is 17.7 Å². The zero-order valence-corrected chi connectivity index (χ0v) is 17.7. The SMILES string of the molecule is Fc1cc(F)cc(CNc2cccc(-c3cc(NCC4CCCNC4)ncc3Cl)n2)c1. The van der Waals surface area contributed by atoms with E-state index in [0.717, 1.165) is 37.1 Å². The van der Waals surface area contributed by atoms with E-state index in [2.05, 4.69) is 25.9 Å². The van der Waals surface area contributed by atoms with Gasteiger partial charge in [0.1, 0.15) is 23.3 Å². The number of piperidine rings is 1. The van der Waals surface area contributed by atoms with E-state index in [1.165, 1.54) is 25.0 Å². The Bertz CT molecular complexity index is 1020. The minimum atomic E-state index is -0.605. The van der Waals surface area contributed by atoms with Crippen LogP contribution in [0.2, 0.25) is 5.02 Å². The van der Waals surface area contributed by atoms with E-state index in [9.17, 15) is 8.78 Å². The molecule has 3 aromatic rings. The van der Waals surface area contributed by atoms with Crippen LogP contribution in [0.15, 0.2) is 48.7 Å². The molecule has 0 spiro atoms. The summed E-state index contributed by atoms with van der Waals surface area (Å²) in [5.74, 6) is 0.698. The van der Waals surface area contributed by atoms with E-state index in [-0.39, 0.29) is 6.54 Å². The molecule has 3 heterocycles. The number of nitrogens with zero attached hydrogens (tertiary/aromatic N) is 2. The summed E-state index contributed by atoms with van der Waals surface area (Å²) in [6.07, 6.45) is 4.01. The van der Waals surface area contributed by atoms with Crippen molar-refractivity contribution in [2.45, 2.75) is 19.4 Å². The van der Waals surface area contributed by atoms with Gasteiger partial charge >= 0.3 is 0 Å². The number of anilines is 2. The first kappa shape index (κ1) is 21.5. The summed E-state index contributed by atoms with van der Waals surface area (Å²) in [7, 11) is 0. The second kappa shape index (κ2) is 10.0. The minimum absolute atomic E-state index is 0.247. The van der Waals surface area contributed by atoms with Gasteiger partial charge in [-0.25, -0.2) is 18.7 Å². The summed E-state index contributed by atoms with van der Waals surface area (Å²) < 4.78 is 26.8. The van der Waals surface area contributed by atoms with Gasteiger partial charge < -0.3 is 16.0 Å². The van der Waals surface area contributed by atoms with Gasteiger partial charge in [0.15, 0.2) is 0 Å². The molecule has 162 valence electrons. The van der Waals surface area contributed by atoms with Crippen molar-refractivity contribution >= 4 is 23.2 Å². The number of hydrogen-bond acceptors (Lipinski definition) is 5. The molecule has 1 unspecified atom stereocenters. The Hall–Kier alpha value is -2.77. The Morgan fingerprint density at radius 3 is 2.68 bits per heavy atom. The number of aromatic nitrogens is 2. The van der Waals surface area contributed by atoms with Crippen molar-refractivity contribution in [3.8, 4) is 11.3 Å². The number of rotatable bonds is 7. The first-order valence-corrected chi connectivity index (χ1v) is 10.7. The van der Waals surface area contributed by atoms with Crippen LogP contribution in [0, 0.1) is 17.6 Å². The topological polar surface area (TPSA) is 61.9 Å². The predicted molar refractivity (Wildman–Crippen MR) is 120 cm³/mol. The van der Waals surface area contributed by atoms with Crippen molar-refractivity contribution in [2.75, 3.05) is 30.3 Å². The molecule has 0 saturated carbocycles. The van der Waals surface area contributed by atoms with Crippen LogP contribution in [-0.4, -0.2) is 29.6 Å². The molecule has 1 atom stereocenters. The summed E-state index contributed by atoms with van der Waals surface area (Å²) in [6.45, 7) is 3.19. The van der Waals surface area contributed by atoms with Crippen molar-refractivity contribution in [3.63, 3.8) is 0 Å². The van der Waals surface area contributed by atoms with Gasteiger partial charge in [-0.05, 0) is 67.7 Å². The van der Waals surface area contributed by atoms with Gasteiger partial charge in [-0.2, -0.15) is 0 Å². The first-order chi connectivity index (χ1) is 15.1. The zero-order valence-electron chi connectivity index (χ0n) is 17.0. The number of hydrogen-bond donors (Lipinski definition) is 3. The molecule has 0 radical (unpaired) electrons. The highest BCUT2D eigenvalue weighted by atomic mass is 35.5. The fourth-order valence-electron chi connectivity index (χ4n) is 3.67. The maximum absolute atomic E-state index is 13.4. The molecule has 1 fully saturated rings. The average molecular weight is 444 g/mol. The highest BCUT2D eigenvalue weighted by Crippen LogP contribution is 2.29. The standard InChI is InChI=1S/C23H24ClF2N5/c24-20-14-30-23(29-12-15-3-2-6-27-11-15)10-19(20)21-4-1-5-22(31-21)28-13-16-7-17(25)9-18(26)8-16/h1,4-5,7-10,14-15,27H,2-3,6,11-13H2,(H,28,31)(H,29,30). The predicted octanol–water partition coefficient (Wildman–Crippen LogP) is 5.10. The molecule has 31 heavy (non-hydrogen) atoms. The van der Waals surface area contributed by atoms with Gasteiger partial charge in [0, 0.05) is 30.9 Å². The average Bonchev–Trinajstić information content (AvgIpc) is 2.77. The van der Waals surface area contributed by atoms with E-state index >= 15 is 0 Å². The number of nitrogens with one attached hydrogen (secondary N) is 3. The van der Waals surface area contributed by atoms with Crippen molar-refractivity contribution < 1.29 is 8.78 Å². The molecule has 2 aromatic heterocycles. The van der Waals surface area contributed by atoms with E-state index in [1.54, 1.807) is 12.3 Å². The van der Waals surface area contributed by atoms with Gasteiger partial charge in [0.05, 0.1) is 10.7 Å². The summed E-state index contributed by atoms with van der Waals surface area (Å²) in [5, 5.41) is 10.4. The van der Waals surface area contributed by atoms with Crippen LogP contribution in [0.1, 0.15) is 18.4 Å². The van der Waals surface area contributed by atoms with Gasteiger partial charge in [-0.3, -0.25) is 0 Å². The van der Waals surface area contributed by atoms with Crippen molar-refractivity contribution in [1.29, 1.82) is 0 Å². The Morgan fingerprint density at radius 2 is 1.90 bits per heavy atom. The molecule has 4 rings (SSSR count). The summed E-state index contributed by atoms with van der Waals surface area (Å²) in [4.78, 5) is 8.99. The monoisotopic (exact) mass is 443 g/mol. The lowest BCUT2D eigenvalue weighted by molar-refractivity contribution is 0.392. The highest BCUT2D eigenvalue weighted by molar-refractivity contribution is 6.33. The molecule has 8 heteroatoms. The van der Waals surface area contributed by atoms with Crippen LogP contribution >= 0.6 is 11.6 Å². The van der Waals surface area contributed by atoms with Gasteiger partial charge in [0.25, 0.3) is 0 Å². The molecule has 0 aliphatic carbocycles. The largest absolute Gasteiger partial charge is 0.370 e. The van der Waals surface area contributed by atoms with E-state index in [4.69, 9.17) is 11.6 Å². The van der Waals surface area contributed by atoms with E-state index in [0.29, 0.717) is 28.0 Å². The van der Waals surface area contributed by atoms with Crippen molar-refractivity contribution in [2.24, 2.45) is 5.92 Å². The fourth-order valence-corrected chi connectivity index (χ4v) is 3.87. The Labute approximate surface area is 185 Å². The first-order valence-electron chi connectivity index (χ1n) is 10.3. The third kappa shape index (κ3) is 5.89. The molecule has 1 aliphatic heterocycles. The molecular weight excluding hydrogens is 420 g/mol. The lowest BCUT2D eigenvalue weighted by Gasteiger charge is -2.23. The zero-order chi connectivity index (χ0) is 21.6. The molecule has 5 nitrogen and oxygen atoms in total. The molecule has 0 amide bonds. The molecule has 3 N–H and O–H groups in total. The van der Waals surface area contributed by atoms with Gasteiger partial charge in [-0.15, -0.1) is 0 Å². The molecular formula is C23H24ClF2N5. The molecule has 1 aromatic carbocycles. The Kier molecular flexibility index (Phi) is 6.94. The second-order valence-corrected chi connectivity index (χ2v) is 8.09. The van der Waals surface area contributed by atoms with Crippen LogP contribution in [0.5, 0.6) is 0 Å². The van der Waals surface area contributed by atoms with Crippen molar-refractivity contribution in [1.82, 2.24) is 15.3 Å². The Morgan fingerprint density at radius 1 is 1.06 bits per heavy atom. The fraction of sp³-hybridized carbons (Fsp3) is 0.304. The van der Waals surface area contributed by atoms with Gasteiger partial charge in [0.2, 0.25) is 0 Å². The second-order valence-electron chi connectivity index (χ2n) is 7.68. The lowest BCUT2D eigenvalue weighted by Crippen LogP contribution is -2.33. The van der Waals surface area contributed by atoms with Crippen LogP contribution < -0.4 is 16.0 Å². The molecule has 0 bridgehead atoms. The highest BCUT2D eigenvalue weighted by Gasteiger charge is 2.14. The van der Waals surface area contributed by atoms with Crippen LogP contribution in [0.4, 0.5) is 20.4 Å². The molecule has 1 aliphatic rings. The normalized spacial score (nSPS) is 16.2. The van der Waals surface area contributed by atoms with E-state index in [1.807, 2.05) is 18.2 Å². The summed E-state index contributed by atoms with van der Waals surface area (Å²) in [6, 6.07) is 10.8. The minimum Gasteiger partial charge on any atom is -0.370 e. The maximum atomic E-state index is 13.4. The van der Waals surface area contributed by atoms with E-state index < -0.39 is 11.6 Å². The third-order valence-corrected chi connectivity index (χ3v) is 5.55. The quantitative estimate of drug-likeness (QED) is 0.474. The number of pyridine rings is 2. The summed E-state index contributed by atoms with van der Waals surface area (Å²) in [5.41, 5.74) is 1.95. The van der Waals surface area contributed by atoms with Crippen molar-refractivity contribution in [3.05, 3.63) is 70.9 Å². The number of halogens is 3. The smallest absolute Gasteiger partial charge is 0.126 e. The summed E-state index contributed by atoms with van der Waals surface area (Å²) >= 11 is 6.40. The number of benzene rings is 1. The molecule has 1 saturated heterocycles. The Balaban J connectivity index is 1.46. The van der Waals surface area contributed by atoms with Crippen LogP contribution in [0.3, 0.4) is 0 Å². The van der Waals surface area contributed by atoms with Crippen LogP contribution in [0.25, 0.3) is 11.3 Å². The van der Waals surface area contributed by atoms with Crippen LogP contribution in [-0.2, 0) is 6.54 Å². The lowest BCUT2D eigenvalue weighted by atomic mass is 10.00. The maximum Gasteiger partial charge on any atom is 0.126 e. The third-order valence-electron chi connectivity index (χ3n) is 5.25.